The second-order valence-electron chi connectivity index (χ2n) is 12.2. The third-order valence-electron chi connectivity index (χ3n) is 9.38. The molecule has 4 heterocycles. The van der Waals surface area contributed by atoms with Crippen LogP contribution in [0.2, 0.25) is 0 Å². The summed E-state index contributed by atoms with van der Waals surface area (Å²) in [5.41, 5.74) is 7.04. The number of rotatable bonds is 5. The van der Waals surface area contributed by atoms with Crippen molar-refractivity contribution in [2.24, 2.45) is 13.0 Å². The molecule has 5 aromatic rings. The second kappa shape index (κ2) is 10.3. The van der Waals surface area contributed by atoms with Crippen LogP contribution < -0.4 is 4.90 Å². The van der Waals surface area contributed by atoms with Gasteiger partial charge in [-0.25, -0.2) is 22.2 Å². The molecular formula is C33H34F4N6. The molecule has 224 valence electrons. The number of fused-ring (bicyclic) bond motifs is 3. The van der Waals surface area contributed by atoms with Gasteiger partial charge in [0.25, 0.3) is 5.92 Å². The first-order valence-corrected chi connectivity index (χ1v) is 15.0. The molecule has 1 aliphatic heterocycles. The highest BCUT2D eigenvalue weighted by Gasteiger charge is 2.40. The first kappa shape index (κ1) is 27.9. The molecule has 0 spiro atoms. The molecule has 1 unspecified atom stereocenters. The average molecular weight is 591 g/mol. The Labute approximate surface area is 247 Å². The number of hydrogen-bond acceptors (Lipinski definition) is 4. The zero-order chi connectivity index (χ0) is 29.9. The summed E-state index contributed by atoms with van der Waals surface area (Å²) in [5, 5.41) is 9.35. The fraction of sp³-hybridized carbons (Fsp3) is 0.424. The van der Waals surface area contributed by atoms with E-state index in [0.29, 0.717) is 12.8 Å². The van der Waals surface area contributed by atoms with Gasteiger partial charge < -0.3 is 9.47 Å². The Bertz CT molecular complexity index is 1750. The van der Waals surface area contributed by atoms with E-state index in [4.69, 9.17) is 4.98 Å². The number of aromatic nitrogens is 5. The number of benzene rings is 2. The van der Waals surface area contributed by atoms with Gasteiger partial charge in [0.15, 0.2) is 0 Å². The van der Waals surface area contributed by atoms with Crippen LogP contribution in [0.1, 0.15) is 55.8 Å². The molecular weight excluding hydrogens is 556 g/mol. The normalized spacial score (nSPS) is 19.7. The number of piperidine rings is 1. The van der Waals surface area contributed by atoms with E-state index in [2.05, 4.69) is 39.1 Å². The number of hydrogen-bond donors (Lipinski definition) is 0. The van der Waals surface area contributed by atoms with Crippen molar-refractivity contribution in [3.05, 3.63) is 72.1 Å². The number of aryl methyl sites for hydroxylation is 2. The van der Waals surface area contributed by atoms with Gasteiger partial charge in [0.1, 0.15) is 0 Å². The molecule has 1 atom stereocenters. The number of anilines is 1. The summed E-state index contributed by atoms with van der Waals surface area (Å²) >= 11 is 0. The lowest BCUT2D eigenvalue weighted by molar-refractivity contribution is -0.0493. The third-order valence-corrected chi connectivity index (χ3v) is 9.38. The minimum atomic E-state index is -2.65. The number of pyridine rings is 1. The summed E-state index contributed by atoms with van der Waals surface area (Å²) in [6, 6.07) is 18.0. The maximum atomic E-state index is 14.4. The van der Waals surface area contributed by atoms with Crippen molar-refractivity contribution in [2.75, 3.05) is 18.0 Å². The Morgan fingerprint density at radius 2 is 1.56 bits per heavy atom. The van der Waals surface area contributed by atoms with Crippen LogP contribution in [-0.4, -0.2) is 49.5 Å². The predicted molar refractivity (Wildman–Crippen MR) is 160 cm³/mol. The lowest BCUT2D eigenvalue weighted by Crippen LogP contribution is -2.39. The summed E-state index contributed by atoms with van der Waals surface area (Å²) < 4.78 is 60.8. The lowest BCUT2D eigenvalue weighted by atomic mass is 9.79. The van der Waals surface area contributed by atoms with Gasteiger partial charge in [-0.1, -0.05) is 35.5 Å². The quantitative estimate of drug-likeness (QED) is 0.195. The topological polar surface area (TPSA) is 51.8 Å². The van der Waals surface area contributed by atoms with Gasteiger partial charge >= 0.3 is 0 Å². The number of alkyl halides is 4. The highest BCUT2D eigenvalue weighted by Crippen LogP contribution is 2.46. The van der Waals surface area contributed by atoms with Crippen molar-refractivity contribution in [1.29, 1.82) is 0 Å². The molecule has 1 saturated carbocycles. The van der Waals surface area contributed by atoms with E-state index < -0.39 is 11.8 Å². The predicted octanol–water partition coefficient (Wildman–Crippen LogP) is 7.94. The zero-order valence-corrected chi connectivity index (χ0v) is 24.3. The van der Waals surface area contributed by atoms with Gasteiger partial charge in [-0.2, -0.15) is 0 Å². The molecule has 0 N–H and O–H groups in total. The highest BCUT2D eigenvalue weighted by atomic mass is 19.3. The van der Waals surface area contributed by atoms with Crippen LogP contribution in [-0.2, 0) is 7.05 Å². The first-order valence-electron chi connectivity index (χ1n) is 15.0. The van der Waals surface area contributed by atoms with E-state index in [1.54, 1.807) is 4.68 Å². The van der Waals surface area contributed by atoms with Crippen molar-refractivity contribution in [3.63, 3.8) is 0 Å². The van der Waals surface area contributed by atoms with Crippen molar-refractivity contribution >= 4 is 27.6 Å². The Balaban J connectivity index is 1.46. The van der Waals surface area contributed by atoms with E-state index in [1.807, 2.05) is 55.4 Å². The Kier molecular flexibility index (Phi) is 6.70. The van der Waals surface area contributed by atoms with E-state index in [1.165, 1.54) is 0 Å². The van der Waals surface area contributed by atoms with Gasteiger partial charge in [-0.15, -0.1) is 5.10 Å². The van der Waals surface area contributed by atoms with E-state index in [-0.39, 0.29) is 50.7 Å². The van der Waals surface area contributed by atoms with Gasteiger partial charge in [0, 0.05) is 68.7 Å². The summed E-state index contributed by atoms with van der Waals surface area (Å²) in [7, 11) is 1.85. The monoisotopic (exact) mass is 590 g/mol. The SMILES string of the molecule is Cc1nnn(C)c1-c1cnc2c3ccc(N4CCC(F)(F)CC4)cc3n(C(c3ccccc3)C3CCC(F)(F)CC3)c2c1. The molecule has 0 amide bonds. The summed E-state index contributed by atoms with van der Waals surface area (Å²) in [4.78, 5) is 6.97. The van der Waals surface area contributed by atoms with Crippen LogP contribution >= 0.6 is 0 Å². The Hall–Kier alpha value is -3.95. The molecule has 43 heavy (non-hydrogen) atoms. The van der Waals surface area contributed by atoms with E-state index >= 15 is 0 Å². The Morgan fingerprint density at radius 3 is 2.23 bits per heavy atom. The van der Waals surface area contributed by atoms with Crippen LogP contribution in [0.4, 0.5) is 23.2 Å². The first-order chi connectivity index (χ1) is 20.6. The van der Waals surface area contributed by atoms with Gasteiger partial charge in [-0.05, 0) is 55.5 Å². The molecule has 3 aromatic heterocycles. The summed E-state index contributed by atoms with van der Waals surface area (Å²) in [5.74, 6) is -5.32. The van der Waals surface area contributed by atoms with Gasteiger partial charge in [0.05, 0.1) is 34.0 Å². The molecule has 2 fully saturated rings. The van der Waals surface area contributed by atoms with Crippen LogP contribution in [0.15, 0.2) is 60.8 Å². The molecule has 2 aliphatic rings. The molecule has 2 aromatic carbocycles. The largest absolute Gasteiger partial charge is 0.371 e. The van der Waals surface area contributed by atoms with E-state index in [0.717, 1.165) is 50.1 Å². The Morgan fingerprint density at radius 1 is 0.860 bits per heavy atom. The molecule has 7 rings (SSSR count). The van der Waals surface area contributed by atoms with Gasteiger partial charge in [-0.3, -0.25) is 4.98 Å². The zero-order valence-electron chi connectivity index (χ0n) is 24.3. The molecule has 1 saturated heterocycles. The van der Waals surface area contributed by atoms with Crippen LogP contribution in [0, 0.1) is 12.8 Å². The van der Waals surface area contributed by atoms with Crippen LogP contribution in [0.3, 0.4) is 0 Å². The lowest BCUT2D eigenvalue weighted by Gasteiger charge is -2.36. The standard InChI is InChI=1S/C33H34F4N6/c1-21-30(41(2)40-39-21)24-18-28-29(38-20-24)26-9-8-25(42-16-14-33(36,37)15-17-42)19-27(26)43(28)31(22-6-4-3-5-7-22)23-10-12-32(34,35)13-11-23/h3-9,18-20,23,31H,10-17H2,1-2H3. The van der Waals surface area contributed by atoms with E-state index in [9.17, 15) is 17.6 Å². The fourth-order valence-corrected chi connectivity index (χ4v) is 7.13. The van der Waals surface area contributed by atoms with Crippen LogP contribution in [0.5, 0.6) is 0 Å². The smallest absolute Gasteiger partial charge is 0.251 e. The molecule has 0 bridgehead atoms. The fourth-order valence-electron chi connectivity index (χ4n) is 7.13. The second-order valence-corrected chi connectivity index (χ2v) is 12.2. The molecule has 0 radical (unpaired) electrons. The van der Waals surface area contributed by atoms with Crippen molar-refractivity contribution < 1.29 is 17.6 Å². The third kappa shape index (κ3) is 5.04. The van der Waals surface area contributed by atoms with Gasteiger partial charge in [0.2, 0.25) is 5.92 Å². The summed E-state index contributed by atoms with van der Waals surface area (Å²) in [6.07, 6.45) is 1.97. The summed E-state index contributed by atoms with van der Waals surface area (Å²) in [6.45, 7) is 2.45. The molecule has 1 aliphatic carbocycles. The average Bonchev–Trinajstić information content (AvgIpc) is 3.49. The maximum Gasteiger partial charge on any atom is 0.251 e. The minimum absolute atomic E-state index is 0.0260. The van der Waals surface area contributed by atoms with Crippen molar-refractivity contribution in [1.82, 2.24) is 24.5 Å². The minimum Gasteiger partial charge on any atom is -0.371 e. The molecule has 10 heteroatoms. The van der Waals surface area contributed by atoms with Crippen molar-refractivity contribution in [3.8, 4) is 11.3 Å². The molecule has 6 nitrogen and oxygen atoms in total. The maximum absolute atomic E-state index is 14.4. The highest BCUT2D eigenvalue weighted by molar-refractivity contribution is 6.07. The number of halogens is 4. The number of nitrogens with zero attached hydrogens (tertiary/aromatic N) is 6. The van der Waals surface area contributed by atoms with Crippen LogP contribution in [0.25, 0.3) is 33.2 Å². The van der Waals surface area contributed by atoms with Crippen molar-refractivity contribution in [2.45, 2.75) is 63.3 Å².